The number of hydrogen-bond donors (Lipinski definition) is 1. The smallest absolute Gasteiger partial charge is 0.0493 e. The second-order valence-corrected chi connectivity index (χ2v) is 3.36. The van der Waals surface area contributed by atoms with E-state index in [9.17, 15) is 0 Å². The molecule has 0 spiro atoms. The molecule has 0 aromatic heterocycles. The second kappa shape index (κ2) is 5.28. The first-order chi connectivity index (χ1) is 6.25. The largest absolute Gasteiger partial charge is 0.396 e. The van der Waals surface area contributed by atoms with Crippen LogP contribution < -0.4 is 0 Å². The predicted octanol–water partition coefficient (Wildman–Crippen LogP) is 3.39. The lowest BCUT2D eigenvalue weighted by Gasteiger charge is -1.99. The van der Waals surface area contributed by atoms with Crippen LogP contribution in [-0.2, 0) is 0 Å². The fourth-order valence-corrected chi connectivity index (χ4v) is 1.47. The molecule has 1 aromatic carbocycles. The van der Waals surface area contributed by atoms with Gasteiger partial charge in [0.1, 0.15) is 0 Å². The number of aliphatic hydroxyl groups is 1. The summed E-state index contributed by atoms with van der Waals surface area (Å²) in [6.07, 6.45) is 4.27. The highest BCUT2D eigenvalue weighted by Gasteiger charge is 1.99. The van der Waals surface area contributed by atoms with Crippen LogP contribution >= 0.6 is 23.2 Å². The van der Waals surface area contributed by atoms with Gasteiger partial charge in [-0.25, -0.2) is 0 Å². The van der Waals surface area contributed by atoms with Crippen LogP contribution in [-0.4, -0.2) is 11.7 Å². The fourth-order valence-electron chi connectivity index (χ4n) is 0.946. The van der Waals surface area contributed by atoms with Crippen molar-refractivity contribution in [2.75, 3.05) is 6.61 Å². The maximum Gasteiger partial charge on any atom is 0.0493 e. The first-order valence-corrected chi connectivity index (χ1v) is 4.72. The van der Waals surface area contributed by atoms with E-state index in [0.717, 1.165) is 5.56 Å². The first kappa shape index (κ1) is 10.6. The van der Waals surface area contributed by atoms with Gasteiger partial charge in [0.15, 0.2) is 0 Å². The van der Waals surface area contributed by atoms with Gasteiger partial charge in [-0.1, -0.05) is 41.4 Å². The van der Waals surface area contributed by atoms with Crippen LogP contribution in [0.5, 0.6) is 0 Å². The Labute approximate surface area is 87.6 Å². The van der Waals surface area contributed by atoms with Gasteiger partial charge in [0.05, 0.1) is 0 Å². The normalized spacial score (nSPS) is 11.0. The molecule has 1 nitrogen and oxygen atoms in total. The second-order valence-electron chi connectivity index (χ2n) is 2.55. The molecule has 0 aliphatic carbocycles. The minimum atomic E-state index is 0.137. The van der Waals surface area contributed by atoms with Gasteiger partial charge in [-0.2, -0.15) is 0 Å². The molecule has 0 fully saturated rings. The Bertz CT molecular complexity index is 288. The van der Waals surface area contributed by atoms with Crippen molar-refractivity contribution in [2.45, 2.75) is 6.42 Å². The minimum Gasteiger partial charge on any atom is -0.396 e. The van der Waals surface area contributed by atoms with Gasteiger partial charge in [-0.3, -0.25) is 0 Å². The van der Waals surface area contributed by atoms with Crippen molar-refractivity contribution in [3.63, 3.8) is 0 Å². The third-order valence-electron chi connectivity index (χ3n) is 1.58. The van der Waals surface area contributed by atoms with Gasteiger partial charge in [0, 0.05) is 22.2 Å². The fraction of sp³-hybridized carbons (Fsp3) is 0.200. The Kier molecular flexibility index (Phi) is 4.29. The van der Waals surface area contributed by atoms with E-state index in [1.165, 1.54) is 0 Å². The van der Waals surface area contributed by atoms with Crippen LogP contribution in [0.4, 0.5) is 0 Å². The lowest BCUT2D eigenvalue weighted by atomic mass is 10.2. The summed E-state index contributed by atoms with van der Waals surface area (Å²) < 4.78 is 0. The van der Waals surface area contributed by atoms with Crippen molar-refractivity contribution < 1.29 is 5.11 Å². The summed E-state index contributed by atoms with van der Waals surface area (Å²) in [4.78, 5) is 0. The average Bonchev–Trinajstić information content (AvgIpc) is 2.10. The van der Waals surface area contributed by atoms with Gasteiger partial charge >= 0.3 is 0 Å². The summed E-state index contributed by atoms with van der Waals surface area (Å²) in [7, 11) is 0. The molecule has 0 atom stereocenters. The van der Waals surface area contributed by atoms with E-state index in [2.05, 4.69) is 0 Å². The van der Waals surface area contributed by atoms with Crippen molar-refractivity contribution >= 4 is 29.3 Å². The van der Waals surface area contributed by atoms with E-state index in [0.29, 0.717) is 16.5 Å². The topological polar surface area (TPSA) is 20.2 Å². The van der Waals surface area contributed by atoms with E-state index >= 15 is 0 Å². The predicted molar refractivity (Wildman–Crippen MR) is 57.2 cm³/mol. The van der Waals surface area contributed by atoms with Gasteiger partial charge < -0.3 is 5.11 Å². The minimum absolute atomic E-state index is 0.137. The molecule has 0 bridgehead atoms. The highest BCUT2D eigenvalue weighted by Crippen LogP contribution is 2.25. The van der Waals surface area contributed by atoms with Gasteiger partial charge in [0.2, 0.25) is 0 Å². The summed E-state index contributed by atoms with van der Waals surface area (Å²) >= 11 is 11.8. The van der Waals surface area contributed by atoms with Crippen LogP contribution in [0.3, 0.4) is 0 Å². The Morgan fingerprint density at radius 3 is 2.38 bits per heavy atom. The maximum atomic E-state index is 8.57. The molecule has 70 valence electrons. The summed E-state index contributed by atoms with van der Waals surface area (Å²) in [5.41, 5.74) is 0.805. The average molecular weight is 217 g/mol. The number of aliphatic hydroxyl groups excluding tert-OH is 1. The third kappa shape index (κ3) is 3.03. The molecule has 3 heteroatoms. The lowest BCUT2D eigenvalue weighted by Crippen LogP contribution is -1.79. The molecule has 0 saturated heterocycles. The lowest BCUT2D eigenvalue weighted by molar-refractivity contribution is 0.303. The van der Waals surface area contributed by atoms with Crippen LogP contribution in [0.15, 0.2) is 24.3 Å². The van der Waals surface area contributed by atoms with Crippen molar-refractivity contribution in [1.82, 2.24) is 0 Å². The Balaban J connectivity index is 2.87. The molecule has 0 heterocycles. The summed E-state index contributed by atoms with van der Waals surface area (Å²) in [5, 5.41) is 9.82. The molecule has 1 N–H and O–H groups in total. The molecular formula is C10H10Cl2O. The molecule has 0 saturated carbocycles. The molecular weight excluding hydrogens is 207 g/mol. The zero-order valence-corrected chi connectivity index (χ0v) is 8.52. The van der Waals surface area contributed by atoms with Crippen molar-refractivity contribution in [2.24, 2.45) is 0 Å². The number of hydrogen-bond acceptors (Lipinski definition) is 1. The molecule has 0 amide bonds. The van der Waals surface area contributed by atoms with Crippen LogP contribution in [0.1, 0.15) is 12.0 Å². The Morgan fingerprint density at radius 2 is 1.85 bits per heavy atom. The molecule has 0 aliphatic heterocycles. The molecule has 0 aliphatic rings. The molecule has 1 rings (SSSR count). The quantitative estimate of drug-likeness (QED) is 0.822. The number of benzene rings is 1. The summed E-state index contributed by atoms with van der Waals surface area (Å²) in [6.45, 7) is 0.137. The Hall–Kier alpha value is -0.500. The summed E-state index contributed by atoms with van der Waals surface area (Å²) in [5.74, 6) is 0. The van der Waals surface area contributed by atoms with Crippen LogP contribution in [0.25, 0.3) is 6.08 Å². The highest BCUT2D eigenvalue weighted by molar-refractivity contribution is 6.37. The van der Waals surface area contributed by atoms with Gasteiger partial charge in [0.25, 0.3) is 0 Å². The third-order valence-corrected chi connectivity index (χ3v) is 2.24. The van der Waals surface area contributed by atoms with Crippen molar-refractivity contribution in [1.29, 1.82) is 0 Å². The van der Waals surface area contributed by atoms with Crippen molar-refractivity contribution in [3.8, 4) is 0 Å². The van der Waals surface area contributed by atoms with E-state index in [4.69, 9.17) is 28.3 Å². The number of rotatable bonds is 3. The molecule has 13 heavy (non-hydrogen) atoms. The monoisotopic (exact) mass is 216 g/mol. The molecule has 0 radical (unpaired) electrons. The zero-order chi connectivity index (χ0) is 9.68. The van der Waals surface area contributed by atoms with E-state index < -0.39 is 0 Å². The van der Waals surface area contributed by atoms with Crippen LogP contribution in [0.2, 0.25) is 10.0 Å². The SMILES string of the molecule is OCC/C=C/c1c(Cl)cccc1Cl. The van der Waals surface area contributed by atoms with Crippen LogP contribution in [0, 0.1) is 0 Å². The molecule has 1 aromatic rings. The van der Waals surface area contributed by atoms with Gasteiger partial charge in [-0.15, -0.1) is 0 Å². The van der Waals surface area contributed by atoms with Gasteiger partial charge in [-0.05, 0) is 18.6 Å². The molecule has 0 unspecified atom stereocenters. The summed E-state index contributed by atoms with van der Waals surface area (Å²) in [6, 6.07) is 5.37. The standard InChI is InChI=1S/C10H10Cl2O/c11-9-5-3-6-10(12)8(9)4-1-2-7-13/h1,3-6,13H,2,7H2/b4-1+. The first-order valence-electron chi connectivity index (χ1n) is 3.97. The number of halogens is 2. The zero-order valence-electron chi connectivity index (χ0n) is 7.00. The maximum absolute atomic E-state index is 8.57. The van der Waals surface area contributed by atoms with Crippen molar-refractivity contribution in [3.05, 3.63) is 39.9 Å². The van der Waals surface area contributed by atoms with E-state index in [-0.39, 0.29) is 6.61 Å². The van der Waals surface area contributed by atoms with E-state index in [1.807, 2.05) is 12.2 Å². The Morgan fingerprint density at radius 1 is 1.23 bits per heavy atom. The highest BCUT2D eigenvalue weighted by atomic mass is 35.5. The van der Waals surface area contributed by atoms with E-state index in [1.54, 1.807) is 18.2 Å².